The molecule has 2 nitrogen and oxygen atoms in total. The van der Waals surface area contributed by atoms with Crippen molar-refractivity contribution in [2.75, 3.05) is 7.11 Å². The Morgan fingerprint density at radius 3 is 2.47 bits per heavy atom. The molecule has 0 N–H and O–H groups in total. The molecule has 0 spiro atoms. The van der Waals surface area contributed by atoms with Crippen LogP contribution in [0.1, 0.15) is 27.0 Å². The molecular weight excluding hydrogens is 304 g/mol. The molecule has 19 heavy (non-hydrogen) atoms. The van der Waals surface area contributed by atoms with Crippen LogP contribution in [0.4, 0.5) is 0 Å². The smallest absolute Gasteiger partial charge is 0.197 e. The number of hydrogen-bond acceptors (Lipinski definition) is 2. The predicted molar refractivity (Wildman–Crippen MR) is 80.0 cm³/mol. The highest BCUT2D eigenvalue weighted by molar-refractivity contribution is 9.10. The molecule has 0 aliphatic heterocycles. The maximum atomic E-state index is 12.7. The van der Waals surface area contributed by atoms with E-state index in [9.17, 15) is 4.79 Å². The molecule has 3 heteroatoms. The van der Waals surface area contributed by atoms with Gasteiger partial charge in [0.15, 0.2) is 5.78 Å². The van der Waals surface area contributed by atoms with Crippen molar-refractivity contribution in [1.82, 2.24) is 0 Å². The Balaban J connectivity index is 2.55. The van der Waals surface area contributed by atoms with Crippen LogP contribution in [0, 0.1) is 13.8 Å². The molecule has 0 bridgehead atoms. The summed E-state index contributed by atoms with van der Waals surface area (Å²) in [6, 6.07) is 11.3. The molecule has 0 radical (unpaired) electrons. The lowest BCUT2D eigenvalue weighted by atomic mass is 9.97. The Morgan fingerprint density at radius 2 is 1.79 bits per heavy atom. The summed E-state index contributed by atoms with van der Waals surface area (Å²) in [7, 11) is 1.57. The standard InChI is InChI=1S/C16H15BrO2/c1-10-4-5-11(2)13(8-10)16(18)14-9-12(17)6-7-15(14)19-3/h4-9H,1-3H3. The van der Waals surface area contributed by atoms with E-state index in [2.05, 4.69) is 15.9 Å². The summed E-state index contributed by atoms with van der Waals surface area (Å²) in [5.74, 6) is 0.577. The number of methoxy groups -OCH3 is 1. The summed E-state index contributed by atoms with van der Waals surface area (Å²) < 4.78 is 6.13. The quantitative estimate of drug-likeness (QED) is 0.788. The van der Waals surface area contributed by atoms with Gasteiger partial charge in [-0.05, 0) is 43.7 Å². The van der Waals surface area contributed by atoms with Crippen LogP contribution in [0.2, 0.25) is 0 Å². The van der Waals surface area contributed by atoms with E-state index in [0.717, 1.165) is 21.2 Å². The van der Waals surface area contributed by atoms with Gasteiger partial charge in [0.25, 0.3) is 0 Å². The second-order valence-corrected chi connectivity index (χ2v) is 5.41. The lowest BCUT2D eigenvalue weighted by Crippen LogP contribution is -2.06. The summed E-state index contributed by atoms with van der Waals surface area (Å²) in [6.07, 6.45) is 0. The maximum Gasteiger partial charge on any atom is 0.197 e. The lowest BCUT2D eigenvalue weighted by molar-refractivity contribution is 0.103. The monoisotopic (exact) mass is 318 g/mol. The van der Waals surface area contributed by atoms with Crippen LogP contribution in [0.15, 0.2) is 40.9 Å². The van der Waals surface area contributed by atoms with E-state index < -0.39 is 0 Å². The van der Waals surface area contributed by atoms with Crippen LogP contribution in [-0.4, -0.2) is 12.9 Å². The van der Waals surface area contributed by atoms with Gasteiger partial charge in [-0.3, -0.25) is 4.79 Å². The van der Waals surface area contributed by atoms with Crippen molar-refractivity contribution in [2.24, 2.45) is 0 Å². The first-order valence-electron chi connectivity index (χ1n) is 5.98. The first-order valence-corrected chi connectivity index (χ1v) is 6.77. The zero-order valence-electron chi connectivity index (χ0n) is 11.2. The van der Waals surface area contributed by atoms with Crippen LogP contribution in [0.3, 0.4) is 0 Å². The van der Waals surface area contributed by atoms with E-state index in [1.807, 2.05) is 38.1 Å². The number of carbonyl (C=O) groups is 1. The molecule has 0 heterocycles. The third kappa shape index (κ3) is 2.87. The molecule has 0 fully saturated rings. The van der Waals surface area contributed by atoms with E-state index in [0.29, 0.717) is 11.3 Å². The van der Waals surface area contributed by atoms with Crippen molar-refractivity contribution in [1.29, 1.82) is 0 Å². The van der Waals surface area contributed by atoms with Crippen molar-refractivity contribution in [2.45, 2.75) is 13.8 Å². The van der Waals surface area contributed by atoms with Crippen LogP contribution < -0.4 is 4.74 Å². The highest BCUT2D eigenvalue weighted by Crippen LogP contribution is 2.26. The van der Waals surface area contributed by atoms with Gasteiger partial charge in [0, 0.05) is 10.0 Å². The summed E-state index contributed by atoms with van der Waals surface area (Å²) in [5, 5.41) is 0. The molecule has 0 unspecified atom stereocenters. The number of rotatable bonds is 3. The van der Waals surface area contributed by atoms with Gasteiger partial charge >= 0.3 is 0 Å². The van der Waals surface area contributed by atoms with Gasteiger partial charge in [0.05, 0.1) is 12.7 Å². The number of ether oxygens (including phenoxy) is 1. The Morgan fingerprint density at radius 1 is 1.05 bits per heavy atom. The number of benzene rings is 2. The third-order valence-electron chi connectivity index (χ3n) is 3.04. The molecule has 0 aliphatic rings. The Labute approximate surface area is 121 Å². The normalized spacial score (nSPS) is 10.3. The zero-order valence-corrected chi connectivity index (χ0v) is 12.7. The fourth-order valence-corrected chi connectivity index (χ4v) is 2.34. The molecule has 0 aromatic heterocycles. The average molecular weight is 319 g/mol. The first-order chi connectivity index (χ1) is 9.02. The molecule has 2 aromatic rings. The molecular formula is C16H15BrO2. The fraction of sp³-hybridized carbons (Fsp3) is 0.188. The predicted octanol–water partition coefficient (Wildman–Crippen LogP) is 4.31. The second kappa shape index (κ2) is 5.57. The van der Waals surface area contributed by atoms with E-state index >= 15 is 0 Å². The molecule has 0 aliphatic carbocycles. The summed E-state index contributed by atoms with van der Waals surface area (Å²) in [5.41, 5.74) is 3.34. The molecule has 2 aromatic carbocycles. The second-order valence-electron chi connectivity index (χ2n) is 4.49. The molecule has 0 saturated carbocycles. The summed E-state index contributed by atoms with van der Waals surface area (Å²) in [4.78, 5) is 12.7. The SMILES string of the molecule is COc1ccc(Br)cc1C(=O)c1cc(C)ccc1C. The van der Waals surface area contributed by atoms with Crippen molar-refractivity contribution >= 4 is 21.7 Å². The summed E-state index contributed by atoms with van der Waals surface area (Å²) >= 11 is 3.39. The van der Waals surface area contributed by atoms with Gasteiger partial charge < -0.3 is 4.74 Å². The summed E-state index contributed by atoms with van der Waals surface area (Å²) in [6.45, 7) is 3.92. The number of carbonyl (C=O) groups excluding carboxylic acids is 1. The van der Waals surface area contributed by atoms with Gasteiger partial charge in [-0.15, -0.1) is 0 Å². The Kier molecular flexibility index (Phi) is 4.05. The number of hydrogen-bond donors (Lipinski definition) is 0. The molecule has 0 saturated heterocycles. The van der Waals surface area contributed by atoms with Crippen LogP contribution in [0.5, 0.6) is 5.75 Å². The molecule has 98 valence electrons. The minimum absolute atomic E-state index is 0.0145. The Hall–Kier alpha value is -1.61. The molecule has 2 rings (SSSR count). The highest BCUT2D eigenvalue weighted by Gasteiger charge is 2.16. The van der Waals surface area contributed by atoms with Crippen LogP contribution >= 0.6 is 15.9 Å². The third-order valence-corrected chi connectivity index (χ3v) is 3.54. The van der Waals surface area contributed by atoms with E-state index in [4.69, 9.17) is 4.74 Å². The zero-order chi connectivity index (χ0) is 14.0. The van der Waals surface area contributed by atoms with Crippen molar-refractivity contribution in [3.63, 3.8) is 0 Å². The van der Waals surface area contributed by atoms with Gasteiger partial charge in [-0.25, -0.2) is 0 Å². The first kappa shape index (κ1) is 13.8. The number of halogens is 1. The topological polar surface area (TPSA) is 26.3 Å². The largest absolute Gasteiger partial charge is 0.496 e. The minimum Gasteiger partial charge on any atom is -0.496 e. The van der Waals surface area contributed by atoms with Crippen LogP contribution in [0.25, 0.3) is 0 Å². The number of aryl methyl sites for hydroxylation is 2. The van der Waals surface area contributed by atoms with Crippen molar-refractivity contribution < 1.29 is 9.53 Å². The van der Waals surface area contributed by atoms with Gasteiger partial charge in [-0.2, -0.15) is 0 Å². The van der Waals surface area contributed by atoms with E-state index in [-0.39, 0.29) is 5.78 Å². The highest BCUT2D eigenvalue weighted by atomic mass is 79.9. The fourth-order valence-electron chi connectivity index (χ4n) is 1.98. The van der Waals surface area contributed by atoms with Crippen molar-refractivity contribution in [3.8, 4) is 5.75 Å². The van der Waals surface area contributed by atoms with Gasteiger partial charge in [0.2, 0.25) is 0 Å². The number of ketones is 1. The van der Waals surface area contributed by atoms with Gasteiger partial charge in [0.1, 0.15) is 5.75 Å². The Bertz CT molecular complexity index is 633. The maximum absolute atomic E-state index is 12.7. The molecule has 0 atom stereocenters. The van der Waals surface area contributed by atoms with E-state index in [1.165, 1.54) is 0 Å². The van der Waals surface area contributed by atoms with Crippen molar-refractivity contribution in [3.05, 3.63) is 63.1 Å². The lowest BCUT2D eigenvalue weighted by Gasteiger charge is -2.10. The van der Waals surface area contributed by atoms with Crippen LogP contribution in [-0.2, 0) is 0 Å². The molecule has 0 amide bonds. The van der Waals surface area contributed by atoms with Gasteiger partial charge in [-0.1, -0.05) is 33.6 Å². The minimum atomic E-state index is -0.0145. The van der Waals surface area contributed by atoms with E-state index in [1.54, 1.807) is 19.2 Å². The average Bonchev–Trinajstić information content (AvgIpc) is 2.40.